The van der Waals surface area contributed by atoms with Crippen LogP contribution in [0.4, 0.5) is 0 Å². The summed E-state index contributed by atoms with van der Waals surface area (Å²) in [4.78, 5) is 17.1. The van der Waals surface area contributed by atoms with Gasteiger partial charge in [0, 0.05) is 36.2 Å². The normalized spacial score (nSPS) is 17.2. The summed E-state index contributed by atoms with van der Waals surface area (Å²) in [7, 11) is 0. The van der Waals surface area contributed by atoms with E-state index in [2.05, 4.69) is 14.9 Å². The van der Waals surface area contributed by atoms with Crippen molar-refractivity contribution >= 4 is 16.9 Å². The fourth-order valence-electron chi connectivity index (χ4n) is 3.35. The third-order valence-electron chi connectivity index (χ3n) is 4.50. The quantitative estimate of drug-likeness (QED) is 0.791. The average Bonchev–Trinajstić information content (AvgIpc) is 3.07. The highest BCUT2D eigenvalue weighted by molar-refractivity contribution is 5.99. The number of benzene rings is 1. The van der Waals surface area contributed by atoms with Gasteiger partial charge < -0.3 is 14.3 Å². The van der Waals surface area contributed by atoms with E-state index >= 15 is 0 Å². The number of aromatic nitrogens is 2. The number of furan rings is 1. The lowest BCUT2D eigenvalue weighted by Gasteiger charge is -2.24. The van der Waals surface area contributed by atoms with Gasteiger partial charge in [-0.15, -0.1) is 0 Å². The Morgan fingerprint density at radius 1 is 1.35 bits per heavy atom. The standard InChI is InChI=1S/C18H19N3O2/c1-11-9-21-10-13(7-8-16(21)19-11)20-18(22)17-12(2)14-5-3-4-6-15(14)23-17/h3-6,9,13H,7-8,10H2,1-2H3,(H,20,22). The number of para-hydroxylation sites is 1. The second-order valence-corrected chi connectivity index (χ2v) is 6.21. The van der Waals surface area contributed by atoms with Crippen LogP contribution in [-0.4, -0.2) is 21.5 Å². The van der Waals surface area contributed by atoms with Gasteiger partial charge in [-0.1, -0.05) is 18.2 Å². The van der Waals surface area contributed by atoms with Crippen molar-refractivity contribution in [1.29, 1.82) is 0 Å². The second kappa shape index (κ2) is 5.26. The van der Waals surface area contributed by atoms with Gasteiger partial charge in [-0.2, -0.15) is 0 Å². The van der Waals surface area contributed by atoms with Crippen molar-refractivity contribution in [2.45, 2.75) is 39.3 Å². The van der Waals surface area contributed by atoms with Gasteiger partial charge in [0.1, 0.15) is 11.4 Å². The minimum absolute atomic E-state index is 0.108. The predicted octanol–water partition coefficient (Wildman–Crippen LogP) is 2.99. The summed E-state index contributed by atoms with van der Waals surface area (Å²) < 4.78 is 7.88. The number of amides is 1. The van der Waals surface area contributed by atoms with Crippen molar-refractivity contribution in [3.8, 4) is 0 Å². The van der Waals surface area contributed by atoms with E-state index in [1.54, 1.807) is 0 Å². The molecule has 0 aliphatic carbocycles. The number of carbonyl (C=O) groups excluding carboxylic acids is 1. The van der Waals surface area contributed by atoms with Crippen LogP contribution in [0.15, 0.2) is 34.9 Å². The molecule has 0 saturated carbocycles. The molecule has 1 aliphatic rings. The highest BCUT2D eigenvalue weighted by atomic mass is 16.3. The molecule has 1 aromatic carbocycles. The lowest BCUT2D eigenvalue weighted by molar-refractivity contribution is 0.0900. The Kier molecular flexibility index (Phi) is 3.22. The molecule has 1 N–H and O–H groups in total. The topological polar surface area (TPSA) is 60.1 Å². The average molecular weight is 309 g/mol. The Hall–Kier alpha value is -2.56. The van der Waals surface area contributed by atoms with Crippen molar-refractivity contribution in [2.75, 3.05) is 0 Å². The first-order valence-electron chi connectivity index (χ1n) is 7.93. The van der Waals surface area contributed by atoms with E-state index in [0.29, 0.717) is 5.76 Å². The summed E-state index contributed by atoms with van der Waals surface area (Å²) in [5.74, 6) is 1.38. The monoisotopic (exact) mass is 309 g/mol. The number of carbonyl (C=O) groups is 1. The minimum atomic E-state index is -0.135. The number of hydrogen-bond donors (Lipinski definition) is 1. The van der Waals surface area contributed by atoms with E-state index in [0.717, 1.165) is 47.4 Å². The third-order valence-corrected chi connectivity index (χ3v) is 4.50. The van der Waals surface area contributed by atoms with Gasteiger partial charge in [0.05, 0.1) is 5.69 Å². The largest absolute Gasteiger partial charge is 0.451 e. The molecule has 2 aromatic heterocycles. The van der Waals surface area contributed by atoms with E-state index in [4.69, 9.17) is 4.42 Å². The summed E-state index contributed by atoms with van der Waals surface area (Å²) in [5, 5.41) is 4.10. The highest BCUT2D eigenvalue weighted by Crippen LogP contribution is 2.25. The molecule has 3 aromatic rings. The van der Waals surface area contributed by atoms with E-state index in [1.807, 2.05) is 44.3 Å². The van der Waals surface area contributed by atoms with Crippen LogP contribution in [0.1, 0.15) is 34.1 Å². The molecule has 1 atom stereocenters. The Morgan fingerprint density at radius 2 is 2.17 bits per heavy atom. The van der Waals surface area contributed by atoms with E-state index in [9.17, 15) is 4.79 Å². The summed E-state index contributed by atoms with van der Waals surface area (Å²) >= 11 is 0. The molecule has 3 heterocycles. The molecule has 0 saturated heterocycles. The molecule has 0 radical (unpaired) electrons. The first-order chi connectivity index (χ1) is 11.1. The maximum absolute atomic E-state index is 12.6. The zero-order chi connectivity index (χ0) is 16.0. The number of hydrogen-bond acceptors (Lipinski definition) is 3. The number of nitrogens with one attached hydrogen (secondary N) is 1. The van der Waals surface area contributed by atoms with Crippen LogP contribution in [0.25, 0.3) is 11.0 Å². The molecule has 5 heteroatoms. The van der Waals surface area contributed by atoms with Crippen molar-refractivity contribution in [2.24, 2.45) is 0 Å². The number of fused-ring (bicyclic) bond motifs is 2. The van der Waals surface area contributed by atoms with Gasteiger partial charge in [0.2, 0.25) is 0 Å². The Balaban J connectivity index is 1.55. The fourth-order valence-corrected chi connectivity index (χ4v) is 3.35. The predicted molar refractivity (Wildman–Crippen MR) is 87.5 cm³/mol. The van der Waals surface area contributed by atoms with E-state index < -0.39 is 0 Å². The molecule has 118 valence electrons. The molecular formula is C18H19N3O2. The van der Waals surface area contributed by atoms with Crippen LogP contribution < -0.4 is 5.32 Å². The van der Waals surface area contributed by atoms with Crippen molar-refractivity contribution in [1.82, 2.24) is 14.9 Å². The van der Waals surface area contributed by atoms with Crippen LogP contribution in [0, 0.1) is 13.8 Å². The molecule has 4 rings (SSSR count). The van der Waals surface area contributed by atoms with E-state index in [1.165, 1.54) is 0 Å². The second-order valence-electron chi connectivity index (χ2n) is 6.21. The summed E-state index contributed by atoms with van der Waals surface area (Å²) in [6.07, 6.45) is 3.83. The van der Waals surface area contributed by atoms with Crippen molar-refractivity contribution in [3.63, 3.8) is 0 Å². The zero-order valence-electron chi connectivity index (χ0n) is 13.3. The summed E-state index contributed by atoms with van der Waals surface area (Å²) in [6.45, 7) is 4.69. The van der Waals surface area contributed by atoms with Gasteiger partial charge in [0.15, 0.2) is 5.76 Å². The Labute approximate surface area is 134 Å². The molecule has 0 spiro atoms. The molecule has 1 amide bonds. The minimum Gasteiger partial charge on any atom is -0.451 e. The maximum Gasteiger partial charge on any atom is 0.287 e. The first kappa shape index (κ1) is 14.1. The van der Waals surface area contributed by atoms with Gasteiger partial charge in [-0.25, -0.2) is 4.98 Å². The van der Waals surface area contributed by atoms with Crippen LogP contribution in [0.2, 0.25) is 0 Å². The van der Waals surface area contributed by atoms with Crippen molar-refractivity contribution < 1.29 is 9.21 Å². The van der Waals surface area contributed by atoms with Gasteiger partial charge >= 0.3 is 0 Å². The summed E-state index contributed by atoms with van der Waals surface area (Å²) in [5.41, 5.74) is 2.68. The maximum atomic E-state index is 12.6. The van der Waals surface area contributed by atoms with Gasteiger partial charge in [-0.3, -0.25) is 4.79 Å². The molecule has 5 nitrogen and oxygen atoms in total. The fraction of sp³-hybridized carbons (Fsp3) is 0.333. The number of imidazole rings is 1. The Bertz CT molecular complexity index is 891. The molecular weight excluding hydrogens is 290 g/mol. The lowest BCUT2D eigenvalue weighted by atomic mass is 10.1. The molecule has 0 bridgehead atoms. The molecule has 23 heavy (non-hydrogen) atoms. The van der Waals surface area contributed by atoms with Crippen LogP contribution in [-0.2, 0) is 13.0 Å². The van der Waals surface area contributed by atoms with Crippen LogP contribution >= 0.6 is 0 Å². The summed E-state index contributed by atoms with van der Waals surface area (Å²) in [6, 6.07) is 7.84. The van der Waals surface area contributed by atoms with Crippen molar-refractivity contribution in [3.05, 3.63) is 53.3 Å². The molecule has 1 unspecified atom stereocenters. The SMILES string of the molecule is Cc1cn2c(n1)CCC(NC(=O)c1oc3ccccc3c1C)C2. The van der Waals surface area contributed by atoms with E-state index in [-0.39, 0.29) is 11.9 Å². The lowest BCUT2D eigenvalue weighted by Crippen LogP contribution is -2.40. The first-order valence-corrected chi connectivity index (χ1v) is 7.93. The highest BCUT2D eigenvalue weighted by Gasteiger charge is 2.24. The van der Waals surface area contributed by atoms with Crippen LogP contribution in [0.3, 0.4) is 0 Å². The molecule has 0 fully saturated rings. The number of nitrogens with zero attached hydrogens (tertiary/aromatic N) is 2. The molecule has 1 aliphatic heterocycles. The smallest absolute Gasteiger partial charge is 0.287 e. The number of rotatable bonds is 2. The van der Waals surface area contributed by atoms with Gasteiger partial charge in [0.25, 0.3) is 5.91 Å². The third kappa shape index (κ3) is 2.42. The van der Waals surface area contributed by atoms with Crippen LogP contribution in [0.5, 0.6) is 0 Å². The van der Waals surface area contributed by atoms with Gasteiger partial charge in [-0.05, 0) is 26.3 Å². The number of aryl methyl sites for hydroxylation is 3. The Morgan fingerprint density at radius 3 is 3.00 bits per heavy atom. The zero-order valence-corrected chi connectivity index (χ0v) is 13.3.